The van der Waals surface area contributed by atoms with Gasteiger partial charge in [0, 0.05) is 23.4 Å². The van der Waals surface area contributed by atoms with Gasteiger partial charge < -0.3 is 5.11 Å². The fourth-order valence-electron chi connectivity index (χ4n) is 3.91. The Morgan fingerprint density at radius 1 is 1.21 bits per heavy atom. The second kappa shape index (κ2) is 6.38. The lowest BCUT2D eigenvalue weighted by atomic mass is 9.80. The molecule has 1 aromatic heterocycles. The van der Waals surface area contributed by atoms with Gasteiger partial charge in [-0.15, -0.1) is 11.3 Å². The molecular formula is C16H25NOS. The molecule has 2 nitrogen and oxygen atoms in total. The van der Waals surface area contributed by atoms with Gasteiger partial charge in [0.1, 0.15) is 0 Å². The number of aliphatic hydroxyl groups excluding tert-OH is 1. The summed E-state index contributed by atoms with van der Waals surface area (Å²) in [7, 11) is 0. The summed E-state index contributed by atoms with van der Waals surface area (Å²) in [6.07, 6.45) is 8.56. The highest BCUT2D eigenvalue weighted by Gasteiger charge is 2.36. The van der Waals surface area contributed by atoms with Crippen LogP contribution < -0.4 is 0 Å². The van der Waals surface area contributed by atoms with Crippen molar-refractivity contribution in [2.75, 3.05) is 13.1 Å². The van der Waals surface area contributed by atoms with Crippen molar-refractivity contribution in [3.8, 4) is 0 Å². The van der Waals surface area contributed by atoms with Crippen LogP contribution in [0.3, 0.4) is 0 Å². The quantitative estimate of drug-likeness (QED) is 0.914. The zero-order valence-electron chi connectivity index (χ0n) is 11.6. The molecule has 19 heavy (non-hydrogen) atoms. The van der Waals surface area contributed by atoms with Crippen LogP contribution in [0.4, 0.5) is 0 Å². The normalized spacial score (nSPS) is 32.8. The Morgan fingerprint density at radius 3 is 2.89 bits per heavy atom. The number of nitrogens with zero attached hydrogens (tertiary/aromatic N) is 1. The van der Waals surface area contributed by atoms with Gasteiger partial charge in [-0.25, -0.2) is 0 Å². The maximum absolute atomic E-state index is 10.3. The zero-order chi connectivity index (χ0) is 13.1. The molecule has 0 radical (unpaired) electrons. The monoisotopic (exact) mass is 279 g/mol. The van der Waals surface area contributed by atoms with Gasteiger partial charge in [-0.1, -0.05) is 18.9 Å². The van der Waals surface area contributed by atoms with Gasteiger partial charge in [0.2, 0.25) is 0 Å². The molecule has 1 saturated carbocycles. The van der Waals surface area contributed by atoms with Crippen molar-refractivity contribution in [2.45, 2.75) is 57.1 Å². The minimum Gasteiger partial charge on any atom is -0.393 e. The van der Waals surface area contributed by atoms with Crippen molar-refractivity contribution in [3.63, 3.8) is 0 Å². The molecule has 2 aliphatic rings. The number of hydrogen-bond donors (Lipinski definition) is 1. The van der Waals surface area contributed by atoms with Crippen LogP contribution >= 0.6 is 11.3 Å². The first-order chi connectivity index (χ1) is 9.34. The van der Waals surface area contributed by atoms with Crippen molar-refractivity contribution in [1.29, 1.82) is 0 Å². The first kappa shape index (κ1) is 13.6. The zero-order valence-corrected chi connectivity index (χ0v) is 12.4. The molecule has 0 bridgehead atoms. The average Bonchev–Trinajstić information content (AvgIpc) is 3.08. The van der Waals surface area contributed by atoms with Crippen molar-refractivity contribution in [2.24, 2.45) is 5.92 Å². The Bertz CT molecular complexity index is 378. The third-order valence-electron chi connectivity index (χ3n) is 4.92. The van der Waals surface area contributed by atoms with Crippen LogP contribution in [0, 0.1) is 5.92 Å². The summed E-state index contributed by atoms with van der Waals surface area (Å²) in [6, 6.07) is 5.03. The summed E-state index contributed by atoms with van der Waals surface area (Å²) in [6.45, 7) is 2.41. The molecule has 0 aromatic carbocycles. The van der Waals surface area contributed by atoms with Crippen molar-refractivity contribution in [1.82, 2.24) is 4.90 Å². The van der Waals surface area contributed by atoms with Crippen LogP contribution in [0.2, 0.25) is 0 Å². The van der Waals surface area contributed by atoms with Crippen LogP contribution in [0.5, 0.6) is 0 Å². The Kier molecular flexibility index (Phi) is 4.57. The highest BCUT2D eigenvalue weighted by atomic mass is 32.1. The topological polar surface area (TPSA) is 23.5 Å². The molecule has 2 heterocycles. The van der Waals surface area contributed by atoms with Gasteiger partial charge in [-0.05, 0) is 50.1 Å². The van der Waals surface area contributed by atoms with Gasteiger partial charge in [0.05, 0.1) is 6.10 Å². The van der Waals surface area contributed by atoms with E-state index in [1.165, 1.54) is 56.5 Å². The lowest BCUT2D eigenvalue weighted by Crippen LogP contribution is -2.43. The van der Waals surface area contributed by atoms with Crippen LogP contribution in [0.25, 0.3) is 0 Å². The largest absolute Gasteiger partial charge is 0.393 e. The number of likely N-dealkylation sites (tertiary alicyclic amines) is 1. The maximum atomic E-state index is 10.3. The molecule has 3 unspecified atom stereocenters. The Labute approximate surface area is 120 Å². The smallest absolute Gasteiger partial charge is 0.0583 e. The van der Waals surface area contributed by atoms with E-state index in [1.54, 1.807) is 0 Å². The van der Waals surface area contributed by atoms with Crippen molar-refractivity contribution >= 4 is 11.3 Å². The SMILES string of the molecule is OC1CCCCC1C1CCCN1CCc1cccs1. The molecule has 3 atom stereocenters. The highest BCUT2D eigenvalue weighted by Crippen LogP contribution is 2.34. The summed E-state index contributed by atoms with van der Waals surface area (Å²) in [5.74, 6) is 0.541. The van der Waals surface area contributed by atoms with Crippen molar-refractivity contribution in [3.05, 3.63) is 22.4 Å². The molecular weight excluding hydrogens is 254 g/mol. The third kappa shape index (κ3) is 3.21. The standard InChI is InChI=1S/C16H25NOS/c18-16-8-2-1-6-14(16)15-7-3-10-17(15)11-9-13-5-4-12-19-13/h4-5,12,14-16,18H,1-3,6-11H2. The summed E-state index contributed by atoms with van der Waals surface area (Å²) < 4.78 is 0. The van der Waals surface area contributed by atoms with Crippen LogP contribution in [0.15, 0.2) is 17.5 Å². The fraction of sp³-hybridized carbons (Fsp3) is 0.750. The third-order valence-corrected chi connectivity index (χ3v) is 5.85. The molecule has 1 N–H and O–H groups in total. The first-order valence-electron chi connectivity index (χ1n) is 7.79. The number of hydrogen-bond acceptors (Lipinski definition) is 3. The first-order valence-corrected chi connectivity index (χ1v) is 8.67. The van der Waals surface area contributed by atoms with E-state index in [1.807, 2.05) is 11.3 Å². The summed E-state index contributed by atoms with van der Waals surface area (Å²) >= 11 is 1.87. The van der Waals surface area contributed by atoms with Crippen LogP contribution in [0.1, 0.15) is 43.4 Å². The summed E-state index contributed by atoms with van der Waals surface area (Å²) in [4.78, 5) is 4.15. The second-order valence-corrected chi connectivity index (χ2v) is 7.12. The molecule has 106 valence electrons. The Morgan fingerprint density at radius 2 is 2.11 bits per heavy atom. The molecule has 1 saturated heterocycles. The number of aliphatic hydroxyl groups is 1. The minimum atomic E-state index is -0.0407. The maximum Gasteiger partial charge on any atom is 0.0583 e. The van der Waals surface area contributed by atoms with E-state index in [4.69, 9.17) is 0 Å². The molecule has 0 spiro atoms. The summed E-state index contributed by atoms with van der Waals surface area (Å²) in [5.41, 5.74) is 0. The molecule has 3 rings (SSSR count). The van der Waals surface area contributed by atoms with E-state index in [9.17, 15) is 5.11 Å². The molecule has 3 heteroatoms. The lowest BCUT2D eigenvalue weighted by molar-refractivity contribution is 0.0225. The van der Waals surface area contributed by atoms with Gasteiger partial charge in [0.15, 0.2) is 0 Å². The van der Waals surface area contributed by atoms with Gasteiger partial charge >= 0.3 is 0 Å². The number of rotatable bonds is 4. The predicted molar refractivity (Wildman–Crippen MR) is 80.6 cm³/mol. The fourth-order valence-corrected chi connectivity index (χ4v) is 4.61. The highest BCUT2D eigenvalue weighted by molar-refractivity contribution is 7.09. The van der Waals surface area contributed by atoms with Crippen molar-refractivity contribution < 1.29 is 5.11 Å². The van der Waals surface area contributed by atoms with E-state index < -0.39 is 0 Å². The molecule has 0 amide bonds. The average molecular weight is 279 g/mol. The van der Waals surface area contributed by atoms with E-state index in [0.717, 1.165) is 6.42 Å². The van der Waals surface area contributed by atoms with E-state index in [0.29, 0.717) is 12.0 Å². The van der Waals surface area contributed by atoms with E-state index in [-0.39, 0.29) is 6.10 Å². The lowest BCUT2D eigenvalue weighted by Gasteiger charge is -2.37. The number of thiophene rings is 1. The van der Waals surface area contributed by atoms with E-state index >= 15 is 0 Å². The van der Waals surface area contributed by atoms with Gasteiger partial charge in [-0.2, -0.15) is 0 Å². The predicted octanol–water partition coefficient (Wildman–Crippen LogP) is 3.31. The second-order valence-electron chi connectivity index (χ2n) is 6.09. The Balaban J connectivity index is 1.57. The molecule has 2 fully saturated rings. The molecule has 1 aliphatic carbocycles. The minimum absolute atomic E-state index is 0.0407. The summed E-state index contributed by atoms with van der Waals surface area (Å²) in [5, 5.41) is 12.4. The van der Waals surface area contributed by atoms with Gasteiger partial charge in [0.25, 0.3) is 0 Å². The molecule has 1 aliphatic heterocycles. The van der Waals surface area contributed by atoms with E-state index in [2.05, 4.69) is 22.4 Å². The van der Waals surface area contributed by atoms with Crippen LogP contribution in [-0.2, 0) is 6.42 Å². The van der Waals surface area contributed by atoms with Gasteiger partial charge in [-0.3, -0.25) is 4.90 Å². The Hall–Kier alpha value is -0.380. The van der Waals surface area contributed by atoms with Crippen LogP contribution in [-0.4, -0.2) is 35.2 Å². The molecule has 1 aromatic rings.